The molecule has 0 saturated carbocycles. The summed E-state index contributed by atoms with van der Waals surface area (Å²) in [4.78, 5) is 59.2. The molecule has 0 atom stereocenters. The fraction of sp³-hybridized carbons (Fsp3) is 0.361. The molecular formula is C36H41NO12. The Morgan fingerprint density at radius 3 is 1.67 bits per heavy atom. The Kier molecular flexibility index (Phi) is 15.9. The number of rotatable bonds is 21. The number of hydrogen-bond acceptors (Lipinski definition) is 12. The number of imide groups is 1. The summed E-state index contributed by atoms with van der Waals surface area (Å²) in [5.41, 5.74) is 1.47. The van der Waals surface area contributed by atoms with Gasteiger partial charge >= 0.3 is 17.9 Å². The molecule has 262 valence electrons. The quantitative estimate of drug-likeness (QED) is 0.0607. The van der Waals surface area contributed by atoms with E-state index in [1.807, 2.05) is 0 Å². The first-order chi connectivity index (χ1) is 23.7. The average molecular weight is 680 g/mol. The zero-order valence-corrected chi connectivity index (χ0v) is 27.8. The number of amides is 2. The molecule has 2 aromatic rings. The smallest absolute Gasteiger partial charge is 0.330 e. The lowest BCUT2D eigenvalue weighted by Crippen LogP contribution is -2.35. The van der Waals surface area contributed by atoms with Crippen molar-refractivity contribution in [3.05, 3.63) is 71.8 Å². The van der Waals surface area contributed by atoms with Crippen molar-refractivity contribution in [1.29, 1.82) is 0 Å². The van der Waals surface area contributed by atoms with Crippen molar-refractivity contribution in [2.75, 3.05) is 54.3 Å². The van der Waals surface area contributed by atoms with Crippen LogP contribution in [0.1, 0.15) is 43.2 Å². The molecule has 0 spiro atoms. The number of carbonyl (C=O) groups is 5. The van der Waals surface area contributed by atoms with E-state index in [9.17, 15) is 24.0 Å². The summed E-state index contributed by atoms with van der Waals surface area (Å²) in [6.45, 7) is 0.739. The Labute approximate surface area is 285 Å². The fourth-order valence-corrected chi connectivity index (χ4v) is 4.36. The van der Waals surface area contributed by atoms with Gasteiger partial charge in [-0.2, -0.15) is 0 Å². The second-order valence-corrected chi connectivity index (χ2v) is 10.5. The summed E-state index contributed by atoms with van der Waals surface area (Å²) < 4.78 is 37.4. The predicted molar refractivity (Wildman–Crippen MR) is 178 cm³/mol. The highest BCUT2D eigenvalue weighted by Gasteiger charge is 2.26. The van der Waals surface area contributed by atoms with Gasteiger partial charge in [0.1, 0.15) is 6.54 Å². The molecular weight excluding hydrogens is 638 g/mol. The van der Waals surface area contributed by atoms with Gasteiger partial charge in [-0.05, 0) is 73.2 Å². The van der Waals surface area contributed by atoms with Gasteiger partial charge in [0, 0.05) is 30.7 Å². The van der Waals surface area contributed by atoms with Gasteiger partial charge in [-0.25, -0.2) is 9.59 Å². The molecule has 0 aromatic heterocycles. The van der Waals surface area contributed by atoms with Crippen molar-refractivity contribution in [1.82, 2.24) is 4.90 Å². The minimum atomic E-state index is -0.618. The zero-order valence-electron chi connectivity index (χ0n) is 27.8. The monoisotopic (exact) mass is 679 g/mol. The van der Waals surface area contributed by atoms with Crippen LogP contribution in [0, 0.1) is 0 Å². The summed E-state index contributed by atoms with van der Waals surface area (Å²) in [6, 6.07) is 10.6. The topological polar surface area (TPSA) is 153 Å². The van der Waals surface area contributed by atoms with Gasteiger partial charge in [0.15, 0.2) is 23.0 Å². The lowest BCUT2D eigenvalue weighted by atomic mass is 10.2. The average Bonchev–Trinajstić information content (AvgIpc) is 3.43. The molecule has 3 rings (SSSR count). The summed E-state index contributed by atoms with van der Waals surface area (Å²) in [5.74, 6) is -0.498. The Balaban J connectivity index is 1.29. The van der Waals surface area contributed by atoms with Crippen LogP contribution in [-0.2, 0) is 38.2 Å². The molecule has 1 aliphatic rings. The number of nitrogens with zero attached hydrogens (tertiary/aromatic N) is 1. The summed E-state index contributed by atoms with van der Waals surface area (Å²) in [5, 5.41) is 0. The Morgan fingerprint density at radius 2 is 1.12 bits per heavy atom. The fourth-order valence-electron chi connectivity index (χ4n) is 4.36. The van der Waals surface area contributed by atoms with Crippen LogP contribution >= 0.6 is 0 Å². The minimum absolute atomic E-state index is 0.160. The zero-order chi connectivity index (χ0) is 35.4. The SMILES string of the molecule is COC(=O)C=Cc1ccc(OCCCOC(=O)C=Cc2ccc(OCCCCCCOC(=O)CN3C(=O)C=CC3=O)c(OC)c2)c(OC)c1. The third kappa shape index (κ3) is 13.2. The largest absolute Gasteiger partial charge is 0.493 e. The molecule has 13 heteroatoms. The van der Waals surface area contributed by atoms with E-state index in [-0.39, 0.29) is 19.8 Å². The van der Waals surface area contributed by atoms with Crippen LogP contribution in [0.4, 0.5) is 0 Å². The molecule has 0 fully saturated rings. The normalized spacial score (nSPS) is 12.4. The van der Waals surface area contributed by atoms with Gasteiger partial charge in [-0.1, -0.05) is 12.1 Å². The third-order valence-electron chi connectivity index (χ3n) is 6.94. The van der Waals surface area contributed by atoms with Crippen molar-refractivity contribution in [3.63, 3.8) is 0 Å². The number of benzene rings is 2. The van der Waals surface area contributed by atoms with E-state index in [4.69, 9.17) is 28.4 Å². The summed E-state index contributed by atoms with van der Waals surface area (Å²) in [6.07, 6.45) is 11.7. The Hall–Kier alpha value is -5.59. The molecule has 2 aromatic carbocycles. The number of unbranched alkanes of at least 4 members (excludes halogenated alkanes) is 3. The highest BCUT2D eigenvalue weighted by Crippen LogP contribution is 2.30. The molecule has 1 aliphatic heterocycles. The van der Waals surface area contributed by atoms with Gasteiger partial charge in [-0.3, -0.25) is 19.3 Å². The van der Waals surface area contributed by atoms with Crippen LogP contribution in [-0.4, -0.2) is 88.9 Å². The van der Waals surface area contributed by atoms with E-state index in [1.54, 1.807) is 48.6 Å². The van der Waals surface area contributed by atoms with Crippen LogP contribution in [0.2, 0.25) is 0 Å². The first kappa shape index (κ1) is 37.9. The van der Waals surface area contributed by atoms with Crippen LogP contribution in [0.25, 0.3) is 12.2 Å². The van der Waals surface area contributed by atoms with E-state index in [0.29, 0.717) is 49.1 Å². The Morgan fingerprint density at radius 1 is 0.612 bits per heavy atom. The maximum absolute atomic E-state index is 12.2. The van der Waals surface area contributed by atoms with Gasteiger partial charge in [-0.15, -0.1) is 0 Å². The molecule has 0 aliphatic carbocycles. The van der Waals surface area contributed by atoms with E-state index in [1.165, 1.54) is 33.5 Å². The van der Waals surface area contributed by atoms with Gasteiger partial charge in [0.2, 0.25) is 0 Å². The number of hydrogen-bond donors (Lipinski definition) is 0. The van der Waals surface area contributed by atoms with E-state index in [2.05, 4.69) is 4.74 Å². The van der Waals surface area contributed by atoms with E-state index < -0.39 is 29.7 Å². The maximum Gasteiger partial charge on any atom is 0.330 e. The maximum atomic E-state index is 12.2. The van der Waals surface area contributed by atoms with E-state index in [0.717, 1.165) is 47.4 Å². The predicted octanol–water partition coefficient (Wildman–Crippen LogP) is 4.32. The number of carbonyl (C=O) groups excluding carboxylic acids is 5. The van der Waals surface area contributed by atoms with Crippen molar-refractivity contribution < 1.29 is 57.1 Å². The van der Waals surface area contributed by atoms with E-state index >= 15 is 0 Å². The summed E-state index contributed by atoms with van der Waals surface area (Å²) in [7, 11) is 4.36. The lowest BCUT2D eigenvalue weighted by molar-refractivity contribution is -0.151. The van der Waals surface area contributed by atoms with Gasteiger partial charge in [0.05, 0.1) is 47.8 Å². The van der Waals surface area contributed by atoms with Crippen molar-refractivity contribution in [2.24, 2.45) is 0 Å². The third-order valence-corrected chi connectivity index (χ3v) is 6.94. The molecule has 0 radical (unpaired) electrons. The highest BCUT2D eigenvalue weighted by atomic mass is 16.5. The number of esters is 3. The Bertz CT molecular complexity index is 1530. The second-order valence-electron chi connectivity index (χ2n) is 10.5. The van der Waals surface area contributed by atoms with Crippen LogP contribution in [0.5, 0.6) is 23.0 Å². The number of ether oxygens (including phenoxy) is 7. The first-order valence-corrected chi connectivity index (χ1v) is 15.7. The van der Waals surface area contributed by atoms with Crippen LogP contribution in [0.3, 0.4) is 0 Å². The van der Waals surface area contributed by atoms with Crippen molar-refractivity contribution in [2.45, 2.75) is 32.1 Å². The van der Waals surface area contributed by atoms with Crippen LogP contribution < -0.4 is 18.9 Å². The van der Waals surface area contributed by atoms with Crippen molar-refractivity contribution >= 4 is 41.9 Å². The lowest BCUT2D eigenvalue weighted by Gasteiger charge is -2.13. The van der Waals surface area contributed by atoms with Gasteiger partial charge < -0.3 is 33.2 Å². The summed E-state index contributed by atoms with van der Waals surface area (Å²) >= 11 is 0. The van der Waals surface area contributed by atoms with Gasteiger partial charge in [0.25, 0.3) is 11.8 Å². The van der Waals surface area contributed by atoms with Crippen molar-refractivity contribution in [3.8, 4) is 23.0 Å². The first-order valence-electron chi connectivity index (χ1n) is 15.7. The van der Waals surface area contributed by atoms with Crippen LogP contribution in [0.15, 0.2) is 60.7 Å². The molecule has 1 heterocycles. The number of methoxy groups -OCH3 is 3. The molecule has 0 N–H and O–H groups in total. The second kappa shape index (κ2) is 20.6. The standard InChI is InChI=1S/C36H41NO12/c1-43-30-24-27(10-13-28(30)46-19-6-4-5-7-20-49-36(42)25-37-32(38)15-16-33(37)39)12-18-35(41)48-22-8-21-47-29-14-9-26(23-31(29)44-2)11-17-34(40)45-3/h9-18,23-24H,4-8,19-22,25H2,1-3H3. The molecule has 49 heavy (non-hydrogen) atoms. The molecule has 0 saturated heterocycles. The minimum Gasteiger partial charge on any atom is -0.493 e. The molecule has 0 bridgehead atoms. The highest BCUT2D eigenvalue weighted by molar-refractivity contribution is 6.14. The molecule has 13 nitrogen and oxygen atoms in total. The molecule has 2 amide bonds. The molecule has 0 unspecified atom stereocenters.